The maximum Gasteiger partial charge on any atom is 0.491 e. The number of aromatic amines is 1. The number of alkyl halides is 3. The van der Waals surface area contributed by atoms with E-state index in [9.17, 15) is 22.8 Å². The lowest BCUT2D eigenvalue weighted by Gasteiger charge is -2.16. The molecule has 0 aliphatic heterocycles. The average molecular weight is 507 g/mol. The van der Waals surface area contributed by atoms with Crippen molar-refractivity contribution in [1.82, 2.24) is 25.7 Å². The number of benzene rings is 1. The molecule has 0 aliphatic rings. The fraction of sp³-hybridized carbons (Fsp3) is 0.190. The molecule has 0 aliphatic carbocycles. The predicted octanol–water partition coefficient (Wildman–Crippen LogP) is 3.19. The van der Waals surface area contributed by atoms with Gasteiger partial charge in [0.1, 0.15) is 0 Å². The fourth-order valence-electron chi connectivity index (χ4n) is 3.37. The maximum absolute atomic E-state index is 15.6. The Balaban J connectivity index is 1.98. The van der Waals surface area contributed by atoms with Crippen molar-refractivity contribution < 1.29 is 36.4 Å². The van der Waals surface area contributed by atoms with Gasteiger partial charge in [0, 0.05) is 35.6 Å². The molecule has 0 saturated heterocycles. The maximum atomic E-state index is 15.6. The van der Waals surface area contributed by atoms with E-state index in [1.165, 1.54) is 18.6 Å². The number of nitrogens with two attached hydrogens (primary N) is 2. The Morgan fingerprint density at radius 2 is 1.97 bits per heavy atom. The van der Waals surface area contributed by atoms with Gasteiger partial charge in [0.05, 0.1) is 28.5 Å². The third-order valence-electron chi connectivity index (χ3n) is 5.05. The molecule has 4 rings (SSSR count). The van der Waals surface area contributed by atoms with Crippen LogP contribution in [-0.2, 0) is 4.79 Å². The van der Waals surface area contributed by atoms with Crippen molar-refractivity contribution in [2.45, 2.75) is 19.5 Å². The summed E-state index contributed by atoms with van der Waals surface area (Å²) < 4.78 is 63.7. The summed E-state index contributed by atoms with van der Waals surface area (Å²) in [4.78, 5) is 28.4. The summed E-state index contributed by atoms with van der Waals surface area (Å²) in [5.74, 6) is -6.57. The van der Waals surface area contributed by atoms with Crippen molar-refractivity contribution in [3.05, 3.63) is 36.0 Å². The van der Waals surface area contributed by atoms with E-state index >= 15 is 4.39 Å². The number of fused-ring (bicyclic) bond motifs is 1. The second kappa shape index (κ2) is 9.16. The first kappa shape index (κ1) is 24.4. The average Bonchev–Trinajstić information content (AvgIpc) is 3.50. The van der Waals surface area contributed by atoms with E-state index in [0.29, 0.717) is 17.5 Å². The van der Waals surface area contributed by atoms with Crippen LogP contribution in [0.1, 0.15) is 23.7 Å². The number of ether oxygens (including phenoxy) is 1. The van der Waals surface area contributed by atoms with Gasteiger partial charge in [-0.3, -0.25) is 14.9 Å². The Bertz CT molecular complexity index is 1470. The van der Waals surface area contributed by atoms with Crippen molar-refractivity contribution in [1.29, 1.82) is 0 Å². The number of rotatable bonds is 6. The quantitative estimate of drug-likeness (QED) is 0.132. The van der Waals surface area contributed by atoms with E-state index in [4.69, 9.17) is 16.0 Å². The zero-order chi connectivity index (χ0) is 26.2. The molecular formula is C21H17F4N7O4. The topological polar surface area (TPSA) is 175 Å². The minimum absolute atomic E-state index is 0.00890. The van der Waals surface area contributed by atoms with Gasteiger partial charge in [0.2, 0.25) is 0 Å². The van der Waals surface area contributed by atoms with E-state index in [1.54, 1.807) is 6.92 Å². The van der Waals surface area contributed by atoms with Crippen LogP contribution in [0.3, 0.4) is 0 Å². The smallest absolute Gasteiger partial charge is 0.414 e. The van der Waals surface area contributed by atoms with Gasteiger partial charge in [-0.1, -0.05) is 12.1 Å². The van der Waals surface area contributed by atoms with E-state index < -0.39 is 46.4 Å². The number of amides is 1. The molecule has 1 amide bonds. The Morgan fingerprint density at radius 3 is 2.61 bits per heavy atom. The van der Waals surface area contributed by atoms with Crippen molar-refractivity contribution in [3.8, 4) is 28.1 Å². The number of carbonyl (C=O) groups excluding carboxylic acids is 2. The van der Waals surface area contributed by atoms with Gasteiger partial charge >= 0.3 is 12.1 Å². The summed E-state index contributed by atoms with van der Waals surface area (Å²) in [6, 6.07) is 0.965. The molecule has 0 atom stereocenters. The standard InChI is InChI=1S/C21H17F4N7O4/c1-2-3-28-19(33)10-4-9(13(22)17(14(10)26)35-20(34)21(23,24)25)15-12-16(36-32-18(12)27)11(7-29-15)8-5-30-31-6-8/h4-7H,2-3,26H2,1H3,(H2,27,32)(H,28,33)(H,30,31). The van der Waals surface area contributed by atoms with Crippen LogP contribution in [0.2, 0.25) is 0 Å². The number of anilines is 2. The molecule has 0 radical (unpaired) electrons. The number of carbonyl (C=O) groups is 2. The molecule has 3 heterocycles. The predicted molar refractivity (Wildman–Crippen MR) is 118 cm³/mol. The summed E-state index contributed by atoms with van der Waals surface area (Å²) >= 11 is 0. The van der Waals surface area contributed by atoms with Crippen LogP contribution in [0.4, 0.5) is 29.1 Å². The number of nitrogens with zero attached hydrogens (tertiary/aromatic N) is 3. The minimum atomic E-state index is -5.46. The summed E-state index contributed by atoms with van der Waals surface area (Å²) in [6.07, 6.45) is -0.713. The summed E-state index contributed by atoms with van der Waals surface area (Å²) in [5, 5.41) is 12.6. The molecule has 11 nitrogen and oxygen atoms in total. The molecule has 0 saturated carbocycles. The second-order valence-electron chi connectivity index (χ2n) is 7.45. The summed E-state index contributed by atoms with van der Waals surface area (Å²) in [5.41, 5.74) is 10.6. The van der Waals surface area contributed by atoms with Crippen molar-refractivity contribution in [3.63, 3.8) is 0 Å². The molecule has 3 aromatic heterocycles. The largest absolute Gasteiger partial charge is 0.491 e. The van der Waals surface area contributed by atoms with Crippen LogP contribution in [0.15, 0.2) is 29.2 Å². The van der Waals surface area contributed by atoms with Crippen LogP contribution in [0.5, 0.6) is 5.75 Å². The number of nitrogens with one attached hydrogen (secondary N) is 2. The third kappa shape index (κ3) is 4.25. The number of halogens is 4. The van der Waals surface area contributed by atoms with Crippen molar-refractivity contribution in [2.75, 3.05) is 18.0 Å². The molecule has 0 spiro atoms. The number of H-pyrrole nitrogens is 1. The first-order valence-corrected chi connectivity index (χ1v) is 10.3. The normalized spacial score (nSPS) is 11.6. The lowest BCUT2D eigenvalue weighted by Crippen LogP contribution is -2.30. The molecular weight excluding hydrogens is 490 g/mol. The van der Waals surface area contributed by atoms with Gasteiger partial charge in [-0.15, -0.1) is 0 Å². The molecule has 36 heavy (non-hydrogen) atoms. The van der Waals surface area contributed by atoms with Gasteiger partial charge in [0.15, 0.2) is 23.0 Å². The number of hydrogen-bond acceptors (Lipinski definition) is 9. The van der Waals surface area contributed by atoms with Gasteiger partial charge in [-0.05, 0) is 12.5 Å². The van der Waals surface area contributed by atoms with Crippen LogP contribution < -0.4 is 21.5 Å². The monoisotopic (exact) mass is 507 g/mol. The van der Waals surface area contributed by atoms with Gasteiger partial charge in [0.25, 0.3) is 5.91 Å². The SMILES string of the molecule is CCCNC(=O)c1cc(-c2ncc(-c3cn[nH]c3)c3onc(N)c23)c(F)c(OC(=O)C(F)(F)F)c1N. The summed E-state index contributed by atoms with van der Waals surface area (Å²) in [7, 11) is 0. The number of nitrogen functional groups attached to an aromatic ring is 2. The fourth-order valence-corrected chi connectivity index (χ4v) is 3.37. The lowest BCUT2D eigenvalue weighted by molar-refractivity contribution is -0.189. The van der Waals surface area contributed by atoms with Crippen LogP contribution >= 0.6 is 0 Å². The van der Waals surface area contributed by atoms with Crippen molar-refractivity contribution in [2.24, 2.45) is 0 Å². The highest BCUT2D eigenvalue weighted by molar-refractivity contribution is 6.07. The third-order valence-corrected chi connectivity index (χ3v) is 5.05. The minimum Gasteiger partial charge on any atom is -0.414 e. The van der Waals surface area contributed by atoms with Gasteiger partial charge in [-0.2, -0.15) is 18.3 Å². The lowest BCUT2D eigenvalue weighted by atomic mass is 9.99. The second-order valence-corrected chi connectivity index (χ2v) is 7.45. The summed E-state index contributed by atoms with van der Waals surface area (Å²) in [6.45, 7) is 1.94. The molecule has 0 fully saturated rings. The van der Waals surface area contributed by atoms with Crippen LogP contribution in [0, 0.1) is 5.82 Å². The van der Waals surface area contributed by atoms with Crippen molar-refractivity contribution >= 4 is 34.4 Å². The molecule has 6 N–H and O–H groups in total. The molecule has 15 heteroatoms. The Morgan fingerprint density at radius 1 is 1.22 bits per heavy atom. The highest BCUT2D eigenvalue weighted by Gasteiger charge is 2.42. The molecule has 0 bridgehead atoms. The number of pyridine rings is 1. The van der Waals surface area contributed by atoms with E-state index in [-0.39, 0.29) is 29.0 Å². The molecule has 188 valence electrons. The number of esters is 1. The molecule has 4 aromatic rings. The Hall–Kier alpha value is -4.69. The van der Waals surface area contributed by atoms with E-state index in [1.807, 2.05) is 0 Å². The number of hydrogen-bond donors (Lipinski definition) is 4. The number of aromatic nitrogens is 4. The molecule has 1 aromatic carbocycles. The molecule has 0 unspecified atom stereocenters. The van der Waals surface area contributed by atoms with Crippen LogP contribution in [0.25, 0.3) is 33.4 Å². The highest BCUT2D eigenvalue weighted by atomic mass is 19.4. The van der Waals surface area contributed by atoms with E-state index in [2.05, 4.69) is 30.4 Å². The first-order valence-electron chi connectivity index (χ1n) is 10.3. The van der Waals surface area contributed by atoms with Crippen LogP contribution in [-0.4, -0.2) is 44.9 Å². The highest BCUT2D eigenvalue weighted by Crippen LogP contribution is 2.42. The first-order chi connectivity index (χ1) is 17.0. The zero-order valence-electron chi connectivity index (χ0n) is 18.4. The Kier molecular flexibility index (Phi) is 6.22. The van der Waals surface area contributed by atoms with Gasteiger partial charge < -0.3 is 26.0 Å². The Labute approximate surface area is 198 Å². The van der Waals surface area contributed by atoms with E-state index in [0.717, 1.165) is 6.07 Å². The zero-order valence-corrected chi connectivity index (χ0v) is 18.4. The van der Waals surface area contributed by atoms with Gasteiger partial charge in [-0.25, -0.2) is 9.18 Å².